The number of nitro benzene ring substituents is 1. The Balaban J connectivity index is 2.31. The number of anilines is 2. The number of hydrogen-bond donors (Lipinski definition) is 1. The molecule has 0 bridgehead atoms. The van der Waals surface area contributed by atoms with Gasteiger partial charge < -0.3 is 10.6 Å². The predicted molar refractivity (Wildman–Crippen MR) is 73.9 cm³/mol. The quantitative estimate of drug-likeness (QED) is 0.516. The lowest BCUT2D eigenvalue weighted by Gasteiger charge is -2.19. The molecule has 19 heavy (non-hydrogen) atoms. The van der Waals surface area contributed by atoms with Gasteiger partial charge in [-0.2, -0.15) is 0 Å². The van der Waals surface area contributed by atoms with Crippen molar-refractivity contribution in [3.05, 3.63) is 58.4 Å². The molecule has 6 heteroatoms. The van der Waals surface area contributed by atoms with Crippen LogP contribution in [-0.4, -0.2) is 17.0 Å². The third kappa shape index (κ3) is 2.79. The van der Waals surface area contributed by atoms with Gasteiger partial charge in [0, 0.05) is 26.0 Å². The van der Waals surface area contributed by atoms with Crippen molar-refractivity contribution in [2.45, 2.75) is 6.54 Å². The van der Waals surface area contributed by atoms with E-state index < -0.39 is 4.92 Å². The first-order valence-corrected chi connectivity index (χ1v) is 5.72. The molecule has 2 N–H and O–H groups in total. The summed E-state index contributed by atoms with van der Waals surface area (Å²) in [6.07, 6.45) is 3.38. The number of nitrogens with zero attached hydrogens (tertiary/aromatic N) is 3. The number of aromatic nitrogens is 1. The van der Waals surface area contributed by atoms with E-state index in [1.54, 1.807) is 36.5 Å². The van der Waals surface area contributed by atoms with E-state index >= 15 is 0 Å². The lowest BCUT2D eigenvalue weighted by Crippen LogP contribution is -2.18. The molecule has 1 heterocycles. The van der Waals surface area contributed by atoms with Gasteiger partial charge in [0.15, 0.2) is 0 Å². The maximum absolute atomic E-state index is 11.1. The number of hydrogen-bond acceptors (Lipinski definition) is 5. The summed E-state index contributed by atoms with van der Waals surface area (Å²) in [4.78, 5) is 16.4. The van der Waals surface area contributed by atoms with E-state index in [2.05, 4.69) is 4.98 Å². The van der Waals surface area contributed by atoms with Crippen LogP contribution in [0.2, 0.25) is 0 Å². The number of nitro groups is 1. The summed E-state index contributed by atoms with van der Waals surface area (Å²) in [5, 5.41) is 11.1. The fourth-order valence-corrected chi connectivity index (χ4v) is 1.90. The second-order valence-electron chi connectivity index (χ2n) is 4.18. The predicted octanol–water partition coefficient (Wildman–Crippen LogP) is 2.21. The number of benzene rings is 1. The van der Waals surface area contributed by atoms with E-state index in [1.165, 1.54) is 6.07 Å². The van der Waals surface area contributed by atoms with Gasteiger partial charge in [-0.15, -0.1) is 0 Å². The van der Waals surface area contributed by atoms with Crippen LogP contribution in [0, 0.1) is 10.1 Å². The summed E-state index contributed by atoms with van der Waals surface area (Å²) in [6.45, 7) is 0.548. The van der Waals surface area contributed by atoms with Crippen molar-refractivity contribution in [3.8, 4) is 0 Å². The molecule has 0 radical (unpaired) electrons. The van der Waals surface area contributed by atoms with Crippen LogP contribution in [0.25, 0.3) is 0 Å². The van der Waals surface area contributed by atoms with Gasteiger partial charge in [-0.05, 0) is 29.8 Å². The van der Waals surface area contributed by atoms with Crippen LogP contribution in [0.3, 0.4) is 0 Å². The Hall–Kier alpha value is -2.63. The highest BCUT2D eigenvalue weighted by Crippen LogP contribution is 2.33. The molecule has 0 aliphatic heterocycles. The average molecular weight is 258 g/mol. The zero-order valence-electron chi connectivity index (χ0n) is 10.5. The van der Waals surface area contributed by atoms with E-state index in [0.717, 1.165) is 5.56 Å². The molecule has 0 amide bonds. The molecule has 0 atom stereocenters. The largest absolute Gasteiger partial charge is 0.393 e. The van der Waals surface area contributed by atoms with Gasteiger partial charge in [-0.3, -0.25) is 15.1 Å². The van der Waals surface area contributed by atoms with E-state index in [1.807, 2.05) is 12.1 Å². The van der Waals surface area contributed by atoms with Gasteiger partial charge in [-0.25, -0.2) is 0 Å². The van der Waals surface area contributed by atoms with Crippen molar-refractivity contribution in [2.24, 2.45) is 0 Å². The molecule has 98 valence electrons. The first-order valence-electron chi connectivity index (χ1n) is 5.72. The Morgan fingerprint density at radius 2 is 2.00 bits per heavy atom. The van der Waals surface area contributed by atoms with Crippen LogP contribution in [0.4, 0.5) is 17.1 Å². The molecule has 2 rings (SSSR count). The highest BCUT2D eigenvalue weighted by atomic mass is 16.6. The summed E-state index contributed by atoms with van der Waals surface area (Å²) >= 11 is 0. The standard InChI is InChI=1S/C13H14N4O2/c1-16(9-10-5-7-15-8-6-10)12-4-2-3-11(14)13(12)17(18)19/h2-8H,9,14H2,1H3. The lowest BCUT2D eigenvalue weighted by molar-refractivity contribution is -0.383. The molecule has 0 fully saturated rings. The minimum absolute atomic E-state index is 0.0564. The zero-order valence-corrected chi connectivity index (χ0v) is 10.5. The fourth-order valence-electron chi connectivity index (χ4n) is 1.90. The SMILES string of the molecule is CN(Cc1ccncc1)c1cccc(N)c1[N+](=O)[O-]. The Morgan fingerprint density at radius 3 is 2.63 bits per heavy atom. The minimum Gasteiger partial charge on any atom is -0.393 e. The van der Waals surface area contributed by atoms with Crippen molar-refractivity contribution < 1.29 is 4.92 Å². The monoisotopic (exact) mass is 258 g/mol. The molecule has 0 unspecified atom stereocenters. The summed E-state index contributed by atoms with van der Waals surface area (Å²) in [5.74, 6) is 0. The first-order chi connectivity index (χ1) is 9.09. The van der Waals surface area contributed by atoms with Gasteiger partial charge in [0.1, 0.15) is 11.4 Å². The highest BCUT2D eigenvalue weighted by molar-refractivity contribution is 5.75. The molecule has 6 nitrogen and oxygen atoms in total. The molecule has 0 saturated heterocycles. The Morgan fingerprint density at radius 1 is 1.32 bits per heavy atom. The minimum atomic E-state index is -0.451. The number of nitrogen functional groups attached to an aromatic ring is 1. The van der Waals surface area contributed by atoms with Crippen LogP contribution in [0.1, 0.15) is 5.56 Å². The average Bonchev–Trinajstić information content (AvgIpc) is 2.39. The Bertz CT molecular complexity index is 586. The van der Waals surface area contributed by atoms with Crippen molar-refractivity contribution in [3.63, 3.8) is 0 Å². The van der Waals surface area contributed by atoms with E-state index in [-0.39, 0.29) is 11.4 Å². The smallest absolute Gasteiger partial charge is 0.315 e. The number of pyridine rings is 1. The van der Waals surface area contributed by atoms with Crippen LogP contribution in [0.15, 0.2) is 42.7 Å². The Labute approximate surface area is 110 Å². The van der Waals surface area contributed by atoms with E-state index in [4.69, 9.17) is 5.73 Å². The molecule has 1 aromatic heterocycles. The topological polar surface area (TPSA) is 85.3 Å². The van der Waals surface area contributed by atoms with Gasteiger partial charge >= 0.3 is 5.69 Å². The molecular formula is C13H14N4O2. The summed E-state index contributed by atoms with van der Waals surface area (Å²) < 4.78 is 0. The van der Waals surface area contributed by atoms with E-state index in [0.29, 0.717) is 12.2 Å². The maximum atomic E-state index is 11.1. The third-order valence-corrected chi connectivity index (χ3v) is 2.81. The molecule has 2 aromatic rings. The van der Waals surface area contributed by atoms with Crippen molar-refractivity contribution in [1.29, 1.82) is 0 Å². The van der Waals surface area contributed by atoms with Gasteiger partial charge in [0.2, 0.25) is 0 Å². The van der Waals surface area contributed by atoms with Gasteiger partial charge in [-0.1, -0.05) is 6.07 Å². The molecule has 0 aliphatic carbocycles. The lowest BCUT2D eigenvalue weighted by atomic mass is 10.2. The maximum Gasteiger partial charge on any atom is 0.315 e. The van der Waals surface area contributed by atoms with Gasteiger partial charge in [0.25, 0.3) is 0 Å². The zero-order chi connectivity index (χ0) is 13.8. The normalized spacial score (nSPS) is 10.2. The number of nitrogens with two attached hydrogens (primary N) is 1. The molecule has 0 spiro atoms. The third-order valence-electron chi connectivity index (χ3n) is 2.81. The van der Waals surface area contributed by atoms with Gasteiger partial charge in [0.05, 0.1) is 4.92 Å². The van der Waals surface area contributed by atoms with Crippen molar-refractivity contribution in [2.75, 3.05) is 17.7 Å². The molecule has 0 aliphatic rings. The van der Waals surface area contributed by atoms with Crippen molar-refractivity contribution >= 4 is 17.1 Å². The highest BCUT2D eigenvalue weighted by Gasteiger charge is 2.20. The van der Waals surface area contributed by atoms with E-state index in [9.17, 15) is 10.1 Å². The number of rotatable bonds is 4. The van der Waals surface area contributed by atoms with Crippen molar-refractivity contribution in [1.82, 2.24) is 4.98 Å². The number of para-hydroxylation sites is 1. The molecular weight excluding hydrogens is 244 g/mol. The molecule has 0 saturated carbocycles. The second-order valence-corrected chi connectivity index (χ2v) is 4.18. The molecule has 1 aromatic carbocycles. The van der Waals surface area contributed by atoms with Crippen LogP contribution in [-0.2, 0) is 6.54 Å². The fraction of sp³-hybridized carbons (Fsp3) is 0.154. The van der Waals surface area contributed by atoms with Crippen LogP contribution in [0.5, 0.6) is 0 Å². The first kappa shape index (κ1) is 12.8. The van der Waals surface area contributed by atoms with Crippen LogP contribution >= 0.6 is 0 Å². The summed E-state index contributed by atoms with van der Waals surface area (Å²) in [6, 6.07) is 8.67. The van der Waals surface area contributed by atoms with Crippen LogP contribution < -0.4 is 10.6 Å². The summed E-state index contributed by atoms with van der Waals surface area (Å²) in [7, 11) is 1.79. The second kappa shape index (κ2) is 5.34. The Kier molecular flexibility index (Phi) is 3.61. The summed E-state index contributed by atoms with van der Waals surface area (Å²) in [5.41, 5.74) is 7.31.